The largest absolute Gasteiger partial charge is 0.396 e. The van der Waals surface area contributed by atoms with Crippen LogP contribution in [0.5, 0.6) is 0 Å². The summed E-state index contributed by atoms with van der Waals surface area (Å²) in [5.41, 5.74) is 0.683. The first kappa shape index (κ1) is 16.6. The quantitative estimate of drug-likeness (QED) is 0.710. The Bertz CT molecular complexity index is 407. The highest BCUT2D eigenvalue weighted by Crippen LogP contribution is 2.19. The van der Waals surface area contributed by atoms with Crippen LogP contribution in [0.4, 0.5) is 0 Å². The summed E-state index contributed by atoms with van der Waals surface area (Å²) in [6.45, 7) is 4.98. The van der Waals surface area contributed by atoms with E-state index in [1.807, 2.05) is 30.7 Å². The van der Waals surface area contributed by atoms with Crippen LogP contribution in [-0.2, 0) is 0 Å². The summed E-state index contributed by atoms with van der Waals surface area (Å²) in [5, 5.41) is 11.6. The number of carbonyl (C=O) groups is 1. The van der Waals surface area contributed by atoms with Gasteiger partial charge in [-0.15, -0.1) is 0 Å². The highest BCUT2D eigenvalue weighted by Gasteiger charge is 2.14. The van der Waals surface area contributed by atoms with Crippen LogP contribution in [0.3, 0.4) is 0 Å². The number of aliphatic hydroxyl groups is 1. The Balaban J connectivity index is 2.41. The predicted octanol–water partition coefficient (Wildman–Crippen LogP) is 2.68. The first-order chi connectivity index (χ1) is 9.06. The van der Waals surface area contributed by atoms with Gasteiger partial charge in [0, 0.05) is 35.6 Å². The van der Waals surface area contributed by atoms with Crippen molar-refractivity contribution in [3.63, 3.8) is 0 Å². The molecule has 1 amide bonds. The predicted molar refractivity (Wildman–Crippen MR) is 83.9 cm³/mol. The molecule has 1 aromatic heterocycles. The van der Waals surface area contributed by atoms with Crippen molar-refractivity contribution in [3.05, 3.63) is 22.4 Å². The number of hydrogen-bond acceptors (Lipinski definition) is 3. The van der Waals surface area contributed by atoms with Gasteiger partial charge in [0.05, 0.1) is 0 Å². The van der Waals surface area contributed by atoms with E-state index in [4.69, 9.17) is 5.11 Å². The number of nitrogens with zero attached hydrogens (tertiary/aromatic N) is 1. The monoisotopic (exact) mass is 348 g/mol. The highest BCUT2D eigenvalue weighted by molar-refractivity contribution is 9.10. The fourth-order valence-corrected chi connectivity index (χ4v) is 2.87. The molecule has 0 bridgehead atoms. The first-order valence-corrected chi connectivity index (χ1v) is 8.35. The summed E-state index contributed by atoms with van der Waals surface area (Å²) in [5.74, 6) is 1.76. The number of thioether (sulfide) groups is 1. The Kier molecular flexibility index (Phi) is 7.56. The third kappa shape index (κ3) is 5.58. The van der Waals surface area contributed by atoms with E-state index in [2.05, 4.69) is 21.2 Å². The maximum atomic E-state index is 12.1. The molecule has 0 saturated heterocycles. The fourth-order valence-electron chi connectivity index (χ4n) is 1.65. The molecule has 4 nitrogen and oxygen atoms in total. The van der Waals surface area contributed by atoms with Crippen molar-refractivity contribution < 1.29 is 9.90 Å². The van der Waals surface area contributed by atoms with Crippen LogP contribution < -0.4 is 5.32 Å². The molecule has 0 fully saturated rings. The third-order valence-electron chi connectivity index (χ3n) is 2.58. The molecule has 0 aliphatic heterocycles. The average Bonchev–Trinajstić information content (AvgIpc) is 2.76. The molecule has 6 heteroatoms. The number of hydrogen-bond donors (Lipinski definition) is 2. The second-order valence-corrected chi connectivity index (χ2v) is 6.63. The molecule has 0 aliphatic carbocycles. The lowest BCUT2D eigenvalue weighted by Crippen LogP contribution is -2.28. The molecule has 0 unspecified atom stereocenters. The topological polar surface area (TPSA) is 54.3 Å². The lowest BCUT2D eigenvalue weighted by molar-refractivity contribution is 0.0945. The van der Waals surface area contributed by atoms with Crippen molar-refractivity contribution in [1.29, 1.82) is 0 Å². The molecule has 1 rings (SSSR count). The number of aromatic nitrogens is 1. The number of aliphatic hydroxyl groups excluding tert-OH is 1. The van der Waals surface area contributed by atoms with Gasteiger partial charge in [-0.1, -0.05) is 0 Å². The van der Waals surface area contributed by atoms with Gasteiger partial charge in [0.2, 0.25) is 0 Å². The zero-order chi connectivity index (χ0) is 14.3. The molecule has 108 valence electrons. The summed E-state index contributed by atoms with van der Waals surface area (Å²) in [6.07, 6.45) is 2.73. The number of nitrogens with one attached hydrogen (secondary N) is 1. The zero-order valence-electron chi connectivity index (χ0n) is 11.4. The van der Waals surface area contributed by atoms with Crippen LogP contribution in [0.25, 0.3) is 0 Å². The van der Waals surface area contributed by atoms with Gasteiger partial charge >= 0.3 is 0 Å². The van der Waals surface area contributed by atoms with Crippen molar-refractivity contribution in [2.45, 2.75) is 26.3 Å². The zero-order valence-corrected chi connectivity index (χ0v) is 13.8. The molecule has 0 saturated carbocycles. The van der Waals surface area contributed by atoms with Crippen molar-refractivity contribution in [1.82, 2.24) is 9.88 Å². The Morgan fingerprint density at radius 3 is 2.89 bits per heavy atom. The van der Waals surface area contributed by atoms with Gasteiger partial charge in [0.1, 0.15) is 5.69 Å². The maximum absolute atomic E-state index is 12.1. The second kappa shape index (κ2) is 8.66. The molecule has 19 heavy (non-hydrogen) atoms. The molecule has 0 spiro atoms. The van der Waals surface area contributed by atoms with Crippen LogP contribution >= 0.6 is 27.7 Å². The summed E-state index contributed by atoms with van der Waals surface area (Å²) in [6, 6.07) is 2.10. The van der Waals surface area contributed by atoms with Gasteiger partial charge in [0.15, 0.2) is 0 Å². The third-order valence-corrected chi connectivity index (χ3v) is 4.09. The average molecular weight is 349 g/mol. The smallest absolute Gasteiger partial charge is 0.267 e. The van der Waals surface area contributed by atoms with Crippen LogP contribution in [0.2, 0.25) is 0 Å². The first-order valence-electron chi connectivity index (χ1n) is 6.40. The van der Waals surface area contributed by atoms with E-state index in [0.29, 0.717) is 12.2 Å². The lowest BCUT2D eigenvalue weighted by atomic mass is 10.3. The molecule has 1 aromatic rings. The molecule has 1 heterocycles. The van der Waals surface area contributed by atoms with Crippen LogP contribution in [-0.4, -0.2) is 40.2 Å². The fraction of sp³-hybridized carbons (Fsp3) is 0.615. The summed E-state index contributed by atoms with van der Waals surface area (Å²) in [4.78, 5) is 12.1. The minimum atomic E-state index is -0.0397. The van der Waals surface area contributed by atoms with Crippen LogP contribution in [0, 0.1) is 0 Å². The molecule has 0 aromatic carbocycles. The van der Waals surface area contributed by atoms with Crippen molar-refractivity contribution in [2.75, 3.05) is 24.7 Å². The Morgan fingerprint density at radius 1 is 1.53 bits per heavy atom. The Labute approximate surface area is 127 Å². The standard InChI is InChI=1S/C13H21BrN2O2S/c1-10(2)16-9-11(14)8-12(16)13(18)15-4-7-19-6-3-5-17/h8-10,17H,3-7H2,1-2H3,(H,15,18). The Hall–Kier alpha value is -0.460. The minimum Gasteiger partial charge on any atom is -0.396 e. The van der Waals surface area contributed by atoms with E-state index in [0.717, 1.165) is 22.4 Å². The van der Waals surface area contributed by atoms with E-state index in [9.17, 15) is 4.79 Å². The second-order valence-electron chi connectivity index (χ2n) is 4.49. The number of amides is 1. The lowest BCUT2D eigenvalue weighted by Gasteiger charge is -2.12. The SMILES string of the molecule is CC(C)n1cc(Br)cc1C(=O)NCCSCCCO. The van der Waals surface area contributed by atoms with Gasteiger partial charge in [-0.05, 0) is 48.0 Å². The van der Waals surface area contributed by atoms with Crippen molar-refractivity contribution in [3.8, 4) is 0 Å². The summed E-state index contributed by atoms with van der Waals surface area (Å²) < 4.78 is 2.88. The molecule has 2 N–H and O–H groups in total. The van der Waals surface area contributed by atoms with Crippen molar-refractivity contribution >= 4 is 33.6 Å². The molecular weight excluding hydrogens is 328 g/mol. The molecule has 0 radical (unpaired) electrons. The van der Waals surface area contributed by atoms with E-state index in [-0.39, 0.29) is 18.6 Å². The minimum absolute atomic E-state index is 0.0397. The normalized spacial score (nSPS) is 11.0. The van der Waals surface area contributed by atoms with Crippen LogP contribution in [0.1, 0.15) is 36.8 Å². The molecule has 0 atom stereocenters. The van der Waals surface area contributed by atoms with E-state index >= 15 is 0 Å². The number of carbonyl (C=O) groups excluding carboxylic acids is 1. The van der Waals surface area contributed by atoms with Gasteiger partial charge < -0.3 is 15.0 Å². The summed E-state index contributed by atoms with van der Waals surface area (Å²) >= 11 is 5.14. The summed E-state index contributed by atoms with van der Waals surface area (Å²) in [7, 11) is 0. The van der Waals surface area contributed by atoms with E-state index < -0.39 is 0 Å². The van der Waals surface area contributed by atoms with Gasteiger partial charge in [-0.25, -0.2) is 0 Å². The van der Waals surface area contributed by atoms with Gasteiger partial charge in [-0.2, -0.15) is 11.8 Å². The van der Waals surface area contributed by atoms with Gasteiger partial charge in [0.25, 0.3) is 5.91 Å². The highest BCUT2D eigenvalue weighted by atomic mass is 79.9. The number of rotatable bonds is 8. The Morgan fingerprint density at radius 2 is 2.26 bits per heavy atom. The van der Waals surface area contributed by atoms with Crippen molar-refractivity contribution in [2.24, 2.45) is 0 Å². The van der Waals surface area contributed by atoms with Crippen LogP contribution in [0.15, 0.2) is 16.7 Å². The van der Waals surface area contributed by atoms with E-state index in [1.54, 1.807) is 11.8 Å². The molecular formula is C13H21BrN2O2S. The maximum Gasteiger partial charge on any atom is 0.267 e. The molecule has 0 aliphatic rings. The van der Waals surface area contributed by atoms with Gasteiger partial charge in [-0.3, -0.25) is 4.79 Å². The van der Waals surface area contributed by atoms with E-state index in [1.165, 1.54) is 0 Å². The number of halogens is 1.